The lowest BCUT2D eigenvalue weighted by Gasteiger charge is -2.58. The number of ether oxygens (including phenoxy) is 3. The van der Waals surface area contributed by atoms with E-state index in [1.165, 1.54) is 18.1 Å². The molecule has 1 saturated carbocycles. The number of likely N-dealkylation sites (tertiary alicyclic amines) is 1. The molecule has 0 N–H and O–H groups in total. The number of likely N-dealkylation sites (N-methyl/N-ethyl adjacent to an activating group) is 1. The van der Waals surface area contributed by atoms with Gasteiger partial charge in [0.25, 0.3) is 0 Å². The van der Waals surface area contributed by atoms with E-state index in [1.807, 2.05) is 24.3 Å². The SMILES string of the molecule is CC(=O)Oc1ccc2c3c1OC1[C@@H](Oc4ccccn4)CC[C@H]4[C@@H](C2)N(C)CC[C@]314. The van der Waals surface area contributed by atoms with Crippen LogP contribution in [0.2, 0.25) is 0 Å². The third-order valence-corrected chi connectivity index (χ3v) is 7.69. The fraction of sp³-hybridized carbons (Fsp3) is 0.500. The highest BCUT2D eigenvalue weighted by Crippen LogP contribution is 2.64. The molecule has 156 valence electrons. The number of carbonyl (C=O) groups is 1. The summed E-state index contributed by atoms with van der Waals surface area (Å²) in [5.41, 5.74) is 2.51. The quantitative estimate of drug-likeness (QED) is 0.577. The van der Waals surface area contributed by atoms with Crippen molar-refractivity contribution in [2.24, 2.45) is 5.92 Å². The minimum Gasteiger partial charge on any atom is -0.481 e. The molecule has 2 aromatic rings. The maximum Gasteiger partial charge on any atom is 0.308 e. The maximum atomic E-state index is 11.7. The zero-order valence-corrected chi connectivity index (χ0v) is 17.3. The van der Waals surface area contributed by atoms with E-state index >= 15 is 0 Å². The van der Waals surface area contributed by atoms with Crippen molar-refractivity contribution in [1.29, 1.82) is 0 Å². The van der Waals surface area contributed by atoms with E-state index in [0.717, 1.165) is 38.0 Å². The van der Waals surface area contributed by atoms with Crippen LogP contribution in [0.5, 0.6) is 17.4 Å². The predicted octanol–water partition coefficient (Wildman–Crippen LogP) is 3.12. The van der Waals surface area contributed by atoms with Crippen LogP contribution in [0, 0.1) is 5.92 Å². The lowest BCUT2D eigenvalue weighted by atomic mass is 9.51. The number of hydrogen-bond acceptors (Lipinski definition) is 6. The minimum atomic E-state index is -0.322. The number of aromatic nitrogens is 1. The van der Waals surface area contributed by atoms with Crippen LogP contribution in [0.1, 0.15) is 37.3 Å². The Kier molecular flexibility index (Phi) is 3.91. The number of nitrogens with zero attached hydrogens (tertiary/aromatic N) is 2. The number of benzene rings is 1. The van der Waals surface area contributed by atoms with Gasteiger partial charge >= 0.3 is 5.97 Å². The van der Waals surface area contributed by atoms with E-state index in [2.05, 4.69) is 23.0 Å². The van der Waals surface area contributed by atoms with Crippen molar-refractivity contribution >= 4 is 5.97 Å². The highest BCUT2D eigenvalue weighted by molar-refractivity contribution is 5.72. The summed E-state index contributed by atoms with van der Waals surface area (Å²) >= 11 is 0. The van der Waals surface area contributed by atoms with Gasteiger partial charge in [-0.15, -0.1) is 0 Å². The standard InChI is InChI=1S/C24H26N2O4/c1-14(27)28-18-8-6-15-13-17-16-7-9-19(29-20-5-3-4-11-25-20)23-24(16,10-12-26(17)2)21(15)22(18)30-23/h3-6,8,11,16-17,19,23H,7,9-10,12-13H2,1-2H3/t16-,17+,19-,23?,24-/m0/s1. The van der Waals surface area contributed by atoms with Crippen LogP contribution in [0.25, 0.3) is 0 Å². The van der Waals surface area contributed by atoms with E-state index in [9.17, 15) is 4.79 Å². The molecule has 2 aliphatic carbocycles. The zero-order valence-electron chi connectivity index (χ0n) is 17.3. The number of carbonyl (C=O) groups excluding carboxylic acids is 1. The Morgan fingerprint density at radius 2 is 2.17 bits per heavy atom. The molecule has 5 atom stereocenters. The van der Waals surface area contributed by atoms with Gasteiger partial charge in [-0.25, -0.2) is 4.98 Å². The van der Waals surface area contributed by atoms with Crippen molar-refractivity contribution in [1.82, 2.24) is 9.88 Å². The smallest absolute Gasteiger partial charge is 0.308 e. The first-order valence-corrected chi connectivity index (χ1v) is 10.9. The summed E-state index contributed by atoms with van der Waals surface area (Å²) in [7, 11) is 2.25. The molecule has 30 heavy (non-hydrogen) atoms. The largest absolute Gasteiger partial charge is 0.481 e. The predicted molar refractivity (Wildman–Crippen MR) is 110 cm³/mol. The topological polar surface area (TPSA) is 60.9 Å². The van der Waals surface area contributed by atoms with E-state index in [1.54, 1.807) is 6.20 Å². The van der Waals surface area contributed by atoms with Crippen LogP contribution < -0.4 is 14.2 Å². The normalized spacial score (nSPS) is 33.4. The van der Waals surface area contributed by atoms with Crippen molar-refractivity contribution in [3.8, 4) is 17.4 Å². The summed E-state index contributed by atoms with van der Waals surface area (Å²) in [6, 6.07) is 10.3. The molecule has 6 rings (SSSR count). The molecule has 2 bridgehead atoms. The molecule has 1 unspecified atom stereocenters. The number of esters is 1. The van der Waals surface area contributed by atoms with Gasteiger partial charge in [0.2, 0.25) is 5.88 Å². The molecule has 0 radical (unpaired) electrons. The Morgan fingerprint density at radius 3 is 2.97 bits per heavy atom. The van der Waals surface area contributed by atoms with Crippen LogP contribution in [0.15, 0.2) is 36.5 Å². The second kappa shape index (κ2) is 6.45. The molecule has 1 aromatic heterocycles. The van der Waals surface area contributed by atoms with Crippen LogP contribution in [-0.4, -0.2) is 47.7 Å². The highest BCUT2D eigenvalue weighted by Gasteiger charge is 2.66. The van der Waals surface area contributed by atoms with Crippen molar-refractivity contribution < 1.29 is 19.0 Å². The number of rotatable bonds is 3. The van der Waals surface area contributed by atoms with Crippen LogP contribution in [0.4, 0.5) is 0 Å². The van der Waals surface area contributed by atoms with E-state index in [0.29, 0.717) is 23.6 Å². The first kappa shape index (κ1) is 18.2. The number of hydrogen-bond donors (Lipinski definition) is 0. The Bertz CT molecular complexity index is 1010. The summed E-state index contributed by atoms with van der Waals surface area (Å²) in [5.74, 6) is 2.14. The second-order valence-electron chi connectivity index (χ2n) is 9.11. The fourth-order valence-corrected chi connectivity index (χ4v) is 6.61. The van der Waals surface area contributed by atoms with Gasteiger partial charge in [0, 0.05) is 36.2 Å². The van der Waals surface area contributed by atoms with Crippen molar-refractivity contribution in [3.63, 3.8) is 0 Å². The second-order valence-corrected chi connectivity index (χ2v) is 9.11. The van der Waals surface area contributed by atoms with E-state index in [4.69, 9.17) is 14.2 Å². The van der Waals surface area contributed by atoms with Crippen LogP contribution in [0.3, 0.4) is 0 Å². The molecule has 6 nitrogen and oxygen atoms in total. The average molecular weight is 406 g/mol. The first-order chi connectivity index (χ1) is 14.6. The average Bonchev–Trinajstić information content (AvgIpc) is 3.09. The fourth-order valence-electron chi connectivity index (χ4n) is 6.61. The molecular formula is C24H26N2O4. The van der Waals surface area contributed by atoms with Crippen molar-refractivity contribution in [2.75, 3.05) is 13.6 Å². The zero-order chi connectivity index (χ0) is 20.5. The Balaban J connectivity index is 1.48. The third kappa shape index (κ3) is 2.40. The Morgan fingerprint density at radius 1 is 1.27 bits per heavy atom. The van der Waals surface area contributed by atoms with E-state index in [-0.39, 0.29) is 23.6 Å². The lowest BCUT2D eigenvalue weighted by Crippen LogP contribution is -2.66. The summed E-state index contributed by atoms with van der Waals surface area (Å²) < 4.78 is 18.6. The summed E-state index contributed by atoms with van der Waals surface area (Å²) in [4.78, 5) is 18.6. The van der Waals surface area contributed by atoms with Gasteiger partial charge in [0.1, 0.15) is 12.2 Å². The number of pyridine rings is 1. The van der Waals surface area contributed by atoms with Gasteiger partial charge in [-0.2, -0.15) is 0 Å². The van der Waals surface area contributed by atoms with Gasteiger partial charge < -0.3 is 19.1 Å². The lowest BCUT2D eigenvalue weighted by molar-refractivity contribution is -0.132. The molecule has 6 heteroatoms. The Labute approximate surface area is 176 Å². The molecule has 1 spiro atoms. The molecule has 0 amide bonds. The van der Waals surface area contributed by atoms with E-state index < -0.39 is 0 Å². The third-order valence-electron chi connectivity index (χ3n) is 7.69. The molecule has 4 aliphatic rings. The molecule has 3 heterocycles. The van der Waals surface area contributed by atoms with Gasteiger partial charge in [0.15, 0.2) is 11.5 Å². The summed E-state index contributed by atoms with van der Waals surface area (Å²) in [5, 5.41) is 0. The minimum absolute atomic E-state index is 0.0799. The Hall–Kier alpha value is -2.60. The monoisotopic (exact) mass is 406 g/mol. The molecule has 1 aromatic carbocycles. The first-order valence-electron chi connectivity index (χ1n) is 10.9. The van der Waals surface area contributed by atoms with Crippen LogP contribution in [-0.2, 0) is 16.6 Å². The van der Waals surface area contributed by atoms with Crippen molar-refractivity contribution in [3.05, 3.63) is 47.7 Å². The highest BCUT2D eigenvalue weighted by atomic mass is 16.6. The molecular weight excluding hydrogens is 380 g/mol. The summed E-state index contributed by atoms with van der Waals surface area (Å²) in [6.45, 7) is 2.47. The molecule has 2 fully saturated rings. The maximum absolute atomic E-state index is 11.7. The van der Waals surface area contributed by atoms with Gasteiger partial charge in [-0.3, -0.25) is 4.79 Å². The van der Waals surface area contributed by atoms with Gasteiger partial charge in [0.05, 0.1) is 0 Å². The van der Waals surface area contributed by atoms with Gasteiger partial charge in [-0.1, -0.05) is 12.1 Å². The number of piperidine rings is 1. The van der Waals surface area contributed by atoms with Gasteiger partial charge in [-0.05, 0) is 62.9 Å². The van der Waals surface area contributed by atoms with Crippen LogP contribution >= 0.6 is 0 Å². The molecule has 2 aliphatic heterocycles. The molecule has 1 saturated heterocycles. The van der Waals surface area contributed by atoms with Crippen molar-refractivity contribution in [2.45, 2.75) is 56.3 Å². The summed E-state index contributed by atoms with van der Waals surface area (Å²) in [6.07, 6.45) is 5.66.